The van der Waals surface area contributed by atoms with Gasteiger partial charge in [0.25, 0.3) is 11.1 Å². The lowest BCUT2D eigenvalue weighted by Crippen LogP contribution is -2.28. The number of alkyl halides is 6. The van der Waals surface area contributed by atoms with Gasteiger partial charge in [0.05, 0.1) is 46.9 Å². The number of aromatic nitrogens is 6. The van der Waals surface area contributed by atoms with E-state index in [-0.39, 0.29) is 33.8 Å². The lowest BCUT2D eigenvalue weighted by molar-refractivity contribution is -0.141. The summed E-state index contributed by atoms with van der Waals surface area (Å²) >= 11 is 0. The molecule has 0 fully saturated rings. The molecule has 0 unspecified atom stereocenters. The van der Waals surface area contributed by atoms with Gasteiger partial charge in [-0.2, -0.15) is 45.6 Å². The molecule has 4 aromatic heterocycles. The SMILES string of the molecule is COCc1[nH]c2c(-c3ccccc3)c(C(F)(F)F)nn2c(=O)c1-c1c(COC)[nH]c2c(-c3ccccc3)c(C(F)(F)F)nn2c1=O. The first-order valence-electron chi connectivity index (χ1n) is 13.5. The summed E-state index contributed by atoms with van der Waals surface area (Å²) in [4.78, 5) is 33.8. The fourth-order valence-electron chi connectivity index (χ4n) is 5.42. The highest BCUT2D eigenvalue weighted by Gasteiger charge is 2.41. The zero-order chi connectivity index (χ0) is 33.0. The Hall–Kier alpha value is -5.22. The predicted octanol–water partition coefficient (Wildman–Crippen LogP) is 5.69. The summed E-state index contributed by atoms with van der Waals surface area (Å²) in [5, 5.41) is 7.20. The van der Waals surface area contributed by atoms with Crippen LogP contribution in [0.15, 0.2) is 70.3 Å². The van der Waals surface area contributed by atoms with Crippen LogP contribution >= 0.6 is 0 Å². The molecule has 0 aliphatic rings. The molecule has 0 bridgehead atoms. The Morgan fingerprint density at radius 2 is 0.957 bits per heavy atom. The second-order valence-corrected chi connectivity index (χ2v) is 10.1. The van der Waals surface area contributed by atoms with E-state index >= 15 is 0 Å². The average molecular weight is 645 g/mol. The van der Waals surface area contributed by atoms with Crippen LogP contribution in [-0.2, 0) is 35.0 Å². The molecule has 4 heterocycles. The van der Waals surface area contributed by atoms with E-state index in [1.807, 2.05) is 0 Å². The molecule has 2 N–H and O–H groups in total. The Kier molecular flexibility index (Phi) is 7.56. The van der Waals surface area contributed by atoms with Crippen LogP contribution < -0.4 is 11.1 Å². The average Bonchev–Trinajstić information content (AvgIpc) is 3.60. The maximum atomic E-state index is 14.3. The summed E-state index contributed by atoms with van der Waals surface area (Å²) in [5.74, 6) is 0. The number of fused-ring (bicyclic) bond motifs is 2. The van der Waals surface area contributed by atoms with Gasteiger partial charge in [-0.25, -0.2) is 0 Å². The summed E-state index contributed by atoms with van der Waals surface area (Å²) < 4.78 is 97.0. The van der Waals surface area contributed by atoms with Gasteiger partial charge >= 0.3 is 12.4 Å². The molecule has 46 heavy (non-hydrogen) atoms. The first-order valence-corrected chi connectivity index (χ1v) is 13.5. The summed E-state index contributed by atoms with van der Waals surface area (Å²) in [6.45, 7) is -0.818. The summed E-state index contributed by atoms with van der Waals surface area (Å²) in [6, 6.07) is 14.9. The van der Waals surface area contributed by atoms with Crippen molar-refractivity contribution in [3.8, 4) is 33.4 Å². The van der Waals surface area contributed by atoms with Crippen LogP contribution in [0.1, 0.15) is 22.8 Å². The van der Waals surface area contributed by atoms with Crippen LogP contribution in [0.4, 0.5) is 26.3 Å². The molecular weight excluding hydrogens is 622 g/mol. The number of nitrogens with one attached hydrogen (secondary N) is 2. The number of hydrogen-bond donors (Lipinski definition) is 2. The highest BCUT2D eigenvalue weighted by molar-refractivity contribution is 5.84. The molecule has 16 heteroatoms. The standard InChI is InChI=1S/C30H22F6N6O4/c1-45-13-17-21(27(43)41-25(37-17)19(15-9-5-3-6-10-15)23(39-41)29(31,32)33)22-18(14-46-2)38-26-20(16-11-7-4-8-12-16)24(30(34,35)36)40-42(26)28(22)44/h3-12,37-38H,13-14H2,1-2H3. The monoisotopic (exact) mass is 644 g/mol. The van der Waals surface area contributed by atoms with Crippen molar-refractivity contribution in [1.29, 1.82) is 0 Å². The Morgan fingerprint density at radius 3 is 1.26 bits per heavy atom. The molecule has 10 nitrogen and oxygen atoms in total. The van der Waals surface area contributed by atoms with E-state index in [9.17, 15) is 35.9 Å². The summed E-state index contributed by atoms with van der Waals surface area (Å²) in [6.07, 6.45) is -9.99. The normalized spacial score (nSPS) is 12.4. The van der Waals surface area contributed by atoms with Gasteiger partial charge in [0.1, 0.15) is 11.3 Å². The Bertz CT molecular complexity index is 2040. The van der Waals surface area contributed by atoms with Crippen LogP contribution in [0.2, 0.25) is 0 Å². The number of halogens is 6. The van der Waals surface area contributed by atoms with Crippen molar-refractivity contribution < 1.29 is 35.8 Å². The van der Waals surface area contributed by atoms with Gasteiger partial charge in [-0.1, -0.05) is 60.7 Å². The minimum Gasteiger partial charge on any atom is -0.378 e. The zero-order valence-corrected chi connectivity index (χ0v) is 23.9. The zero-order valence-electron chi connectivity index (χ0n) is 23.9. The van der Waals surface area contributed by atoms with Gasteiger partial charge in [0.15, 0.2) is 11.4 Å². The van der Waals surface area contributed by atoms with Gasteiger partial charge in [-0.3, -0.25) is 9.59 Å². The molecule has 0 spiro atoms. The predicted molar refractivity (Wildman–Crippen MR) is 153 cm³/mol. The van der Waals surface area contributed by atoms with E-state index < -0.39 is 70.3 Å². The molecule has 0 atom stereocenters. The van der Waals surface area contributed by atoms with E-state index in [0.717, 1.165) is 0 Å². The third-order valence-electron chi connectivity index (χ3n) is 7.21. The number of methoxy groups -OCH3 is 2. The lowest BCUT2D eigenvalue weighted by atomic mass is 10.0. The molecule has 0 amide bonds. The number of ether oxygens (including phenoxy) is 2. The molecule has 238 valence electrons. The Morgan fingerprint density at radius 1 is 0.609 bits per heavy atom. The molecule has 0 saturated carbocycles. The van der Waals surface area contributed by atoms with Crippen molar-refractivity contribution in [2.75, 3.05) is 14.2 Å². The van der Waals surface area contributed by atoms with Crippen LogP contribution in [0.3, 0.4) is 0 Å². The van der Waals surface area contributed by atoms with Crippen molar-refractivity contribution in [3.05, 3.63) is 104 Å². The van der Waals surface area contributed by atoms with Gasteiger partial charge in [-0.05, 0) is 11.1 Å². The number of H-pyrrole nitrogens is 2. The van der Waals surface area contributed by atoms with E-state index in [0.29, 0.717) is 9.03 Å². The third-order valence-corrected chi connectivity index (χ3v) is 7.21. The smallest absolute Gasteiger partial charge is 0.378 e. The minimum absolute atomic E-state index is 0.0978. The molecule has 2 aromatic carbocycles. The van der Waals surface area contributed by atoms with Crippen LogP contribution in [-0.4, -0.2) is 43.4 Å². The van der Waals surface area contributed by atoms with Crippen molar-refractivity contribution in [3.63, 3.8) is 0 Å². The maximum Gasteiger partial charge on any atom is 0.435 e. The number of hydrogen-bond acceptors (Lipinski definition) is 6. The van der Waals surface area contributed by atoms with Crippen LogP contribution in [0, 0.1) is 0 Å². The topological polar surface area (TPSA) is 119 Å². The first kappa shape index (κ1) is 30.8. The van der Waals surface area contributed by atoms with Gasteiger partial charge in [-0.15, -0.1) is 0 Å². The largest absolute Gasteiger partial charge is 0.435 e. The molecule has 0 aliphatic carbocycles. The lowest BCUT2D eigenvalue weighted by Gasteiger charge is -2.14. The number of nitrogens with zero attached hydrogens (tertiary/aromatic N) is 4. The van der Waals surface area contributed by atoms with E-state index in [1.165, 1.54) is 62.8 Å². The van der Waals surface area contributed by atoms with Gasteiger partial charge < -0.3 is 19.4 Å². The minimum atomic E-state index is -4.99. The number of benzene rings is 2. The third kappa shape index (κ3) is 5.04. The van der Waals surface area contributed by atoms with Crippen molar-refractivity contribution in [2.45, 2.75) is 25.6 Å². The molecule has 0 saturated heterocycles. The fourth-order valence-corrected chi connectivity index (χ4v) is 5.42. The highest BCUT2D eigenvalue weighted by atomic mass is 19.4. The molecule has 0 aliphatic heterocycles. The van der Waals surface area contributed by atoms with Crippen molar-refractivity contribution in [1.82, 2.24) is 29.2 Å². The second-order valence-electron chi connectivity index (χ2n) is 10.1. The maximum absolute atomic E-state index is 14.3. The van der Waals surface area contributed by atoms with E-state index in [1.54, 1.807) is 12.1 Å². The molecular formula is C30H22F6N6O4. The van der Waals surface area contributed by atoms with Gasteiger partial charge in [0, 0.05) is 14.2 Å². The Balaban J connectivity index is 1.75. The highest BCUT2D eigenvalue weighted by Crippen LogP contribution is 2.40. The van der Waals surface area contributed by atoms with E-state index in [4.69, 9.17) is 9.47 Å². The van der Waals surface area contributed by atoms with Crippen LogP contribution in [0.25, 0.3) is 44.7 Å². The summed E-state index contributed by atoms with van der Waals surface area (Å²) in [5.41, 5.74) is -7.67. The quantitative estimate of drug-likeness (QED) is 0.216. The fraction of sp³-hybridized carbons (Fsp3) is 0.200. The van der Waals surface area contributed by atoms with Crippen molar-refractivity contribution >= 4 is 11.3 Å². The number of rotatable bonds is 7. The molecule has 0 radical (unpaired) electrons. The first-order chi connectivity index (χ1) is 21.9. The Labute approximate surface area is 253 Å². The van der Waals surface area contributed by atoms with Crippen LogP contribution in [0.5, 0.6) is 0 Å². The van der Waals surface area contributed by atoms with Crippen molar-refractivity contribution in [2.24, 2.45) is 0 Å². The number of aromatic amines is 2. The molecule has 6 aromatic rings. The molecule has 6 rings (SSSR count). The van der Waals surface area contributed by atoms with Gasteiger partial charge in [0.2, 0.25) is 0 Å². The second kappa shape index (κ2) is 11.3. The summed E-state index contributed by atoms with van der Waals surface area (Å²) in [7, 11) is 2.50. The van der Waals surface area contributed by atoms with E-state index in [2.05, 4.69) is 20.2 Å².